The highest BCUT2D eigenvalue weighted by Crippen LogP contribution is 2.23. The number of benzene rings is 1. The Morgan fingerprint density at radius 2 is 2.12 bits per heavy atom. The van der Waals surface area contributed by atoms with Crippen LogP contribution in [0.5, 0.6) is 0 Å². The summed E-state index contributed by atoms with van der Waals surface area (Å²) in [6.45, 7) is 3.20. The number of methoxy groups -OCH3 is 1. The normalized spacial score (nSPS) is 18.5. The van der Waals surface area contributed by atoms with E-state index in [1.165, 1.54) is 5.56 Å². The molecule has 2 N–H and O–H groups in total. The van der Waals surface area contributed by atoms with Crippen LogP contribution in [-0.4, -0.2) is 31.2 Å². The van der Waals surface area contributed by atoms with Gasteiger partial charge >= 0.3 is 0 Å². The molecule has 17 heavy (non-hydrogen) atoms. The SMILES string of the molecule is COC1CCN(Cc2ccc(N)cc2Br)CC1. The molecule has 0 bridgehead atoms. The summed E-state index contributed by atoms with van der Waals surface area (Å²) in [5, 5.41) is 0. The minimum atomic E-state index is 0.445. The van der Waals surface area contributed by atoms with Gasteiger partial charge in [0.05, 0.1) is 6.10 Å². The molecule has 1 fully saturated rings. The van der Waals surface area contributed by atoms with E-state index in [9.17, 15) is 0 Å². The molecule has 0 unspecified atom stereocenters. The van der Waals surface area contributed by atoms with Gasteiger partial charge in [-0.25, -0.2) is 0 Å². The standard InChI is InChI=1S/C13H19BrN2O/c1-17-12-4-6-16(7-5-12)9-10-2-3-11(15)8-13(10)14/h2-3,8,12H,4-7,9,15H2,1H3. The number of nitrogens with zero attached hydrogens (tertiary/aromatic N) is 1. The molecule has 0 atom stereocenters. The number of halogens is 1. The summed E-state index contributed by atoms with van der Waals surface area (Å²) in [7, 11) is 1.80. The Kier molecular flexibility index (Phi) is 4.42. The molecule has 1 aliphatic rings. The topological polar surface area (TPSA) is 38.5 Å². The second-order valence-corrected chi connectivity index (χ2v) is 5.42. The van der Waals surface area contributed by atoms with Crippen LogP contribution in [-0.2, 0) is 11.3 Å². The fourth-order valence-corrected chi connectivity index (χ4v) is 2.76. The second kappa shape index (κ2) is 5.85. The Morgan fingerprint density at radius 3 is 2.71 bits per heavy atom. The predicted molar refractivity (Wildman–Crippen MR) is 73.9 cm³/mol. The first-order valence-electron chi connectivity index (χ1n) is 5.98. The lowest BCUT2D eigenvalue weighted by atomic mass is 10.1. The quantitative estimate of drug-likeness (QED) is 0.872. The molecule has 1 saturated heterocycles. The number of hydrogen-bond donors (Lipinski definition) is 1. The van der Waals surface area contributed by atoms with E-state index in [0.29, 0.717) is 6.10 Å². The van der Waals surface area contributed by atoms with Gasteiger partial charge < -0.3 is 10.5 Å². The van der Waals surface area contributed by atoms with Gasteiger partial charge in [0.1, 0.15) is 0 Å². The van der Waals surface area contributed by atoms with Gasteiger partial charge in [0.25, 0.3) is 0 Å². The van der Waals surface area contributed by atoms with E-state index >= 15 is 0 Å². The molecule has 1 aliphatic heterocycles. The molecule has 2 rings (SSSR count). The van der Waals surface area contributed by atoms with Crippen molar-refractivity contribution in [3.8, 4) is 0 Å². The molecule has 1 aromatic rings. The van der Waals surface area contributed by atoms with Crippen molar-refractivity contribution in [3.63, 3.8) is 0 Å². The lowest BCUT2D eigenvalue weighted by Crippen LogP contribution is -2.36. The first-order valence-corrected chi connectivity index (χ1v) is 6.77. The zero-order valence-electron chi connectivity index (χ0n) is 10.2. The third-order valence-electron chi connectivity index (χ3n) is 3.34. The summed E-state index contributed by atoms with van der Waals surface area (Å²) in [5.74, 6) is 0. The average molecular weight is 299 g/mol. The van der Waals surface area contributed by atoms with Gasteiger partial charge in [-0.15, -0.1) is 0 Å². The van der Waals surface area contributed by atoms with Crippen LogP contribution >= 0.6 is 15.9 Å². The molecule has 1 heterocycles. The molecule has 0 saturated carbocycles. The first kappa shape index (κ1) is 12.9. The summed E-state index contributed by atoms with van der Waals surface area (Å²) in [6.07, 6.45) is 2.70. The molecule has 0 aliphatic carbocycles. The molecule has 0 spiro atoms. The number of rotatable bonds is 3. The Hall–Kier alpha value is -0.580. The monoisotopic (exact) mass is 298 g/mol. The molecule has 1 aromatic carbocycles. The molecule has 4 heteroatoms. The smallest absolute Gasteiger partial charge is 0.0595 e. The fraction of sp³-hybridized carbons (Fsp3) is 0.538. The van der Waals surface area contributed by atoms with E-state index < -0.39 is 0 Å². The highest BCUT2D eigenvalue weighted by Gasteiger charge is 2.19. The third kappa shape index (κ3) is 3.44. The van der Waals surface area contributed by atoms with Crippen molar-refractivity contribution in [2.45, 2.75) is 25.5 Å². The van der Waals surface area contributed by atoms with Gasteiger partial charge in [0, 0.05) is 36.9 Å². The minimum Gasteiger partial charge on any atom is -0.399 e. The van der Waals surface area contributed by atoms with Crippen molar-refractivity contribution in [1.29, 1.82) is 0 Å². The number of nitrogens with two attached hydrogens (primary N) is 1. The lowest BCUT2D eigenvalue weighted by molar-refractivity contribution is 0.0388. The average Bonchev–Trinajstić information content (AvgIpc) is 2.34. The van der Waals surface area contributed by atoms with Crippen LogP contribution in [0.25, 0.3) is 0 Å². The van der Waals surface area contributed by atoms with Crippen LogP contribution in [0, 0.1) is 0 Å². The van der Waals surface area contributed by atoms with E-state index in [4.69, 9.17) is 10.5 Å². The van der Waals surface area contributed by atoms with E-state index in [1.807, 2.05) is 12.1 Å². The van der Waals surface area contributed by atoms with E-state index in [1.54, 1.807) is 7.11 Å². The van der Waals surface area contributed by atoms with Crippen LogP contribution in [0.1, 0.15) is 18.4 Å². The van der Waals surface area contributed by atoms with Crippen LogP contribution in [0.15, 0.2) is 22.7 Å². The maximum absolute atomic E-state index is 5.74. The predicted octanol–water partition coefficient (Wildman–Crippen LogP) is 2.64. The summed E-state index contributed by atoms with van der Waals surface area (Å²) in [5.41, 5.74) is 7.84. The van der Waals surface area contributed by atoms with E-state index in [-0.39, 0.29) is 0 Å². The number of anilines is 1. The number of likely N-dealkylation sites (tertiary alicyclic amines) is 1. The van der Waals surface area contributed by atoms with Crippen LogP contribution in [0.2, 0.25) is 0 Å². The van der Waals surface area contributed by atoms with Crippen molar-refractivity contribution in [1.82, 2.24) is 4.90 Å². The third-order valence-corrected chi connectivity index (χ3v) is 4.08. The van der Waals surface area contributed by atoms with Crippen molar-refractivity contribution in [3.05, 3.63) is 28.2 Å². The molecule has 0 aromatic heterocycles. The van der Waals surface area contributed by atoms with Gasteiger partial charge in [0.15, 0.2) is 0 Å². The highest BCUT2D eigenvalue weighted by atomic mass is 79.9. The largest absolute Gasteiger partial charge is 0.399 e. The van der Waals surface area contributed by atoms with Crippen LogP contribution in [0.3, 0.4) is 0 Å². The molecular weight excluding hydrogens is 280 g/mol. The van der Waals surface area contributed by atoms with Crippen molar-refractivity contribution < 1.29 is 4.74 Å². The van der Waals surface area contributed by atoms with Crippen molar-refractivity contribution >= 4 is 21.6 Å². The molecule has 94 valence electrons. The molecule has 0 radical (unpaired) electrons. The zero-order chi connectivity index (χ0) is 12.3. The summed E-state index contributed by atoms with van der Waals surface area (Å²) in [6, 6.07) is 6.03. The maximum Gasteiger partial charge on any atom is 0.0595 e. The van der Waals surface area contributed by atoms with Gasteiger partial charge in [-0.1, -0.05) is 22.0 Å². The summed E-state index contributed by atoms with van der Waals surface area (Å²) < 4.78 is 6.48. The summed E-state index contributed by atoms with van der Waals surface area (Å²) in [4.78, 5) is 2.46. The van der Waals surface area contributed by atoms with Crippen LogP contribution in [0.4, 0.5) is 5.69 Å². The van der Waals surface area contributed by atoms with Gasteiger partial charge in [-0.05, 0) is 30.5 Å². The first-order chi connectivity index (χ1) is 8.19. The second-order valence-electron chi connectivity index (χ2n) is 4.56. The number of ether oxygens (including phenoxy) is 1. The van der Waals surface area contributed by atoms with Gasteiger partial charge in [0.2, 0.25) is 0 Å². The molecule has 3 nitrogen and oxygen atoms in total. The highest BCUT2D eigenvalue weighted by molar-refractivity contribution is 9.10. The Labute approximate surface area is 111 Å². The number of hydrogen-bond acceptors (Lipinski definition) is 3. The zero-order valence-corrected chi connectivity index (χ0v) is 11.7. The Balaban J connectivity index is 1.93. The minimum absolute atomic E-state index is 0.445. The Bertz CT molecular complexity index is 376. The van der Waals surface area contributed by atoms with Crippen LogP contribution < -0.4 is 5.73 Å². The van der Waals surface area contributed by atoms with Crippen molar-refractivity contribution in [2.75, 3.05) is 25.9 Å². The summed E-state index contributed by atoms with van der Waals surface area (Å²) >= 11 is 3.57. The lowest BCUT2D eigenvalue weighted by Gasteiger charge is -2.31. The van der Waals surface area contributed by atoms with Crippen molar-refractivity contribution in [2.24, 2.45) is 0 Å². The fourth-order valence-electron chi connectivity index (χ4n) is 2.24. The molecular formula is C13H19BrN2O. The van der Waals surface area contributed by atoms with E-state index in [2.05, 4.69) is 26.9 Å². The Morgan fingerprint density at radius 1 is 1.41 bits per heavy atom. The van der Waals surface area contributed by atoms with E-state index in [0.717, 1.165) is 42.6 Å². The number of piperidine rings is 1. The maximum atomic E-state index is 5.74. The van der Waals surface area contributed by atoms with Gasteiger partial charge in [-0.2, -0.15) is 0 Å². The molecule has 0 amide bonds. The number of nitrogen functional groups attached to an aromatic ring is 1. The van der Waals surface area contributed by atoms with Gasteiger partial charge in [-0.3, -0.25) is 4.90 Å².